The quantitative estimate of drug-likeness (QED) is 0.646. The third-order valence-electron chi connectivity index (χ3n) is 4.95. The third-order valence-corrected chi connectivity index (χ3v) is 6.69. The minimum Gasteiger partial charge on any atom is -0.486 e. The molecule has 0 N–H and O–H groups in total. The Morgan fingerprint density at radius 1 is 1.03 bits per heavy atom. The molecule has 2 aliphatic heterocycles. The first kappa shape index (κ1) is 22.0. The predicted octanol–water partition coefficient (Wildman–Crippen LogP) is 0.915. The number of nitrogens with zero attached hydrogens (tertiary/aromatic N) is 3. The van der Waals surface area contributed by atoms with Crippen molar-refractivity contribution in [1.29, 1.82) is 0 Å². The highest BCUT2D eigenvalue weighted by atomic mass is 32.2. The number of benzene rings is 1. The molecular weight excluding hydrogens is 414 g/mol. The maximum atomic E-state index is 12.9. The Bertz CT molecular complexity index is 882. The third kappa shape index (κ3) is 4.89. The van der Waals surface area contributed by atoms with Crippen molar-refractivity contribution in [3.8, 4) is 11.5 Å². The lowest BCUT2D eigenvalue weighted by molar-refractivity contribution is -0.131. The summed E-state index contributed by atoms with van der Waals surface area (Å²) in [7, 11) is -3.70. The van der Waals surface area contributed by atoms with Crippen molar-refractivity contribution in [2.45, 2.75) is 13.8 Å². The summed E-state index contributed by atoms with van der Waals surface area (Å²) in [5, 5.41) is 0. The Kier molecular flexibility index (Phi) is 6.91. The lowest BCUT2D eigenvalue weighted by Gasteiger charge is -2.35. The molecule has 10 nitrogen and oxygen atoms in total. The van der Waals surface area contributed by atoms with Gasteiger partial charge in [-0.15, -0.1) is 0 Å². The number of piperazine rings is 1. The summed E-state index contributed by atoms with van der Waals surface area (Å²) in [6, 6.07) is 4.82. The number of hydrogen-bond acceptors (Lipinski definition) is 7. The molecule has 30 heavy (non-hydrogen) atoms. The van der Waals surface area contributed by atoms with E-state index in [-0.39, 0.29) is 24.8 Å². The summed E-state index contributed by atoms with van der Waals surface area (Å²) in [6.45, 7) is 5.36. The van der Waals surface area contributed by atoms with Crippen molar-refractivity contribution in [2.75, 3.05) is 62.6 Å². The molecule has 0 bridgehead atoms. The SMILES string of the molecule is CCOC(=O)N1CCN(C(=O)CN(c2ccc3c(c2)OCCO3)S(=O)(=O)CC)CC1. The summed E-state index contributed by atoms with van der Waals surface area (Å²) in [5.74, 6) is 0.516. The molecule has 1 fully saturated rings. The molecule has 0 atom stereocenters. The molecular formula is C19H27N3O7S. The first-order valence-electron chi connectivity index (χ1n) is 9.95. The number of fused-ring (bicyclic) bond motifs is 1. The van der Waals surface area contributed by atoms with Crippen LogP contribution in [0.4, 0.5) is 10.5 Å². The molecule has 2 amide bonds. The maximum absolute atomic E-state index is 12.9. The van der Waals surface area contributed by atoms with E-state index < -0.39 is 16.1 Å². The van der Waals surface area contributed by atoms with Gasteiger partial charge in [-0.05, 0) is 26.0 Å². The summed E-state index contributed by atoms with van der Waals surface area (Å²) < 4.78 is 42.5. The van der Waals surface area contributed by atoms with Crippen LogP contribution < -0.4 is 13.8 Å². The fourth-order valence-corrected chi connectivity index (χ4v) is 4.32. The Hall–Kier alpha value is -2.69. The highest BCUT2D eigenvalue weighted by molar-refractivity contribution is 7.92. The number of sulfonamides is 1. The molecule has 1 aromatic rings. The molecule has 2 heterocycles. The predicted molar refractivity (Wildman–Crippen MR) is 109 cm³/mol. The van der Waals surface area contributed by atoms with Gasteiger partial charge in [0, 0.05) is 32.2 Å². The van der Waals surface area contributed by atoms with Crippen LogP contribution in [0, 0.1) is 0 Å². The van der Waals surface area contributed by atoms with E-state index in [1.54, 1.807) is 30.0 Å². The van der Waals surface area contributed by atoms with E-state index in [1.807, 2.05) is 0 Å². The number of carbonyl (C=O) groups is 2. The second-order valence-corrected chi connectivity index (χ2v) is 8.98. The normalized spacial score (nSPS) is 16.2. The van der Waals surface area contributed by atoms with Crippen LogP contribution in [-0.4, -0.2) is 88.5 Å². The molecule has 0 saturated carbocycles. The average molecular weight is 442 g/mol. The zero-order chi connectivity index (χ0) is 21.7. The monoisotopic (exact) mass is 441 g/mol. The zero-order valence-corrected chi connectivity index (χ0v) is 18.0. The summed E-state index contributed by atoms with van der Waals surface area (Å²) in [6.07, 6.45) is -0.406. The number of ether oxygens (including phenoxy) is 3. The molecule has 11 heteroatoms. The van der Waals surface area contributed by atoms with E-state index in [9.17, 15) is 18.0 Å². The minimum atomic E-state index is -3.70. The minimum absolute atomic E-state index is 0.147. The number of rotatable bonds is 6. The number of hydrogen-bond donors (Lipinski definition) is 0. The van der Waals surface area contributed by atoms with Gasteiger partial charge in [0.2, 0.25) is 15.9 Å². The molecule has 1 aromatic carbocycles. The molecule has 2 aliphatic rings. The van der Waals surface area contributed by atoms with E-state index in [0.29, 0.717) is 56.6 Å². The van der Waals surface area contributed by atoms with Gasteiger partial charge in [0.15, 0.2) is 11.5 Å². The molecule has 0 unspecified atom stereocenters. The van der Waals surface area contributed by atoms with Gasteiger partial charge in [-0.25, -0.2) is 13.2 Å². The molecule has 166 valence electrons. The van der Waals surface area contributed by atoms with E-state index in [0.717, 1.165) is 4.31 Å². The van der Waals surface area contributed by atoms with Crippen LogP contribution in [-0.2, 0) is 19.6 Å². The van der Waals surface area contributed by atoms with E-state index >= 15 is 0 Å². The highest BCUT2D eigenvalue weighted by Crippen LogP contribution is 2.34. The average Bonchev–Trinajstić information content (AvgIpc) is 2.77. The Morgan fingerprint density at radius 3 is 2.30 bits per heavy atom. The van der Waals surface area contributed by atoms with E-state index in [2.05, 4.69) is 0 Å². The first-order chi connectivity index (χ1) is 14.4. The molecule has 0 aliphatic carbocycles. The maximum Gasteiger partial charge on any atom is 0.409 e. The fourth-order valence-electron chi connectivity index (χ4n) is 3.27. The summed E-state index contributed by atoms with van der Waals surface area (Å²) in [4.78, 5) is 27.8. The summed E-state index contributed by atoms with van der Waals surface area (Å²) in [5.41, 5.74) is 0.347. The molecule has 0 radical (unpaired) electrons. The molecule has 0 aromatic heterocycles. The topological polar surface area (TPSA) is 106 Å². The van der Waals surface area contributed by atoms with Gasteiger partial charge in [0.25, 0.3) is 0 Å². The number of anilines is 1. The Morgan fingerprint density at radius 2 is 1.67 bits per heavy atom. The summed E-state index contributed by atoms with van der Waals surface area (Å²) >= 11 is 0. The van der Waals surface area contributed by atoms with Crippen molar-refractivity contribution < 1.29 is 32.2 Å². The van der Waals surface area contributed by atoms with Gasteiger partial charge in [-0.2, -0.15) is 0 Å². The number of carbonyl (C=O) groups excluding carboxylic acids is 2. The Balaban J connectivity index is 1.72. The van der Waals surface area contributed by atoms with Crippen LogP contribution in [0.5, 0.6) is 11.5 Å². The smallest absolute Gasteiger partial charge is 0.409 e. The van der Waals surface area contributed by atoms with Gasteiger partial charge in [-0.1, -0.05) is 0 Å². The Labute approximate surface area is 176 Å². The molecule has 1 saturated heterocycles. The largest absolute Gasteiger partial charge is 0.486 e. The molecule has 0 spiro atoms. The van der Waals surface area contributed by atoms with Crippen molar-refractivity contribution >= 4 is 27.7 Å². The van der Waals surface area contributed by atoms with E-state index in [1.165, 1.54) is 11.8 Å². The van der Waals surface area contributed by atoms with Crippen LogP contribution >= 0.6 is 0 Å². The van der Waals surface area contributed by atoms with Gasteiger partial charge in [0.1, 0.15) is 19.8 Å². The van der Waals surface area contributed by atoms with Crippen molar-refractivity contribution in [3.05, 3.63) is 18.2 Å². The second-order valence-electron chi connectivity index (χ2n) is 6.80. The van der Waals surface area contributed by atoms with Crippen LogP contribution in [0.25, 0.3) is 0 Å². The number of amides is 2. The van der Waals surface area contributed by atoms with Crippen molar-refractivity contribution in [1.82, 2.24) is 9.80 Å². The van der Waals surface area contributed by atoms with Gasteiger partial charge in [-0.3, -0.25) is 9.10 Å². The van der Waals surface area contributed by atoms with Crippen molar-refractivity contribution in [3.63, 3.8) is 0 Å². The van der Waals surface area contributed by atoms with Crippen LogP contribution in [0.3, 0.4) is 0 Å². The second kappa shape index (κ2) is 9.41. The van der Waals surface area contributed by atoms with Crippen LogP contribution in [0.2, 0.25) is 0 Å². The highest BCUT2D eigenvalue weighted by Gasteiger charge is 2.30. The lowest BCUT2D eigenvalue weighted by atomic mass is 10.2. The lowest BCUT2D eigenvalue weighted by Crippen LogP contribution is -2.53. The van der Waals surface area contributed by atoms with E-state index in [4.69, 9.17) is 14.2 Å². The van der Waals surface area contributed by atoms with Gasteiger partial charge >= 0.3 is 6.09 Å². The van der Waals surface area contributed by atoms with Crippen LogP contribution in [0.1, 0.15) is 13.8 Å². The first-order valence-corrected chi connectivity index (χ1v) is 11.6. The fraction of sp³-hybridized carbons (Fsp3) is 0.579. The van der Waals surface area contributed by atoms with Crippen molar-refractivity contribution in [2.24, 2.45) is 0 Å². The van der Waals surface area contributed by atoms with Crippen LogP contribution in [0.15, 0.2) is 18.2 Å². The van der Waals surface area contributed by atoms with Gasteiger partial charge in [0.05, 0.1) is 18.0 Å². The zero-order valence-electron chi connectivity index (χ0n) is 17.2. The van der Waals surface area contributed by atoms with Gasteiger partial charge < -0.3 is 24.0 Å². The molecule has 3 rings (SSSR count). The standard InChI is InChI=1S/C19H27N3O7S/c1-3-27-19(24)21-9-7-20(8-10-21)18(23)14-22(30(25,26)4-2)15-5-6-16-17(13-15)29-12-11-28-16/h5-6,13H,3-4,7-12,14H2,1-2H3.